The summed E-state index contributed by atoms with van der Waals surface area (Å²) in [5.74, 6) is 0. The van der Waals surface area contributed by atoms with Crippen LogP contribution >= 0.6 is 33.9 Å². The summed E-state index contributed by atoms with van der Waals surface area (Å²) >= 11 is 11.6. The lowest BCUT2D eigenvalue weighted by molar-refractivity contribution is 0.610. The van der Waals surface area contributed by atoms with E-state index in [0.717, 1.165) is 0 Å². The molecule has 1 heterocycles. The Morgan fingerprint density at radius 3 is 2.31 bits per heavy atom. The van der Waals surface area contributed by atoms with Crippen molar-refractivity contribution in [2.75, 3.05) is 0 Å². The fourth-order valence-electron chi connectivity index (χ4n) is 1.31. The average Bonchev–Trinajstić information content (AvgIpc) is 2.22. The largest absolute Gasteiger partial charge is 0.262 e. The van der Waals surface area contributed by atoms with Gasteiger partial charge >= 0.3 is 0 Å². The van der Waals surface area contributed by atoms with E-state index in [2.05, 4.69) is 10.2 Å². The molecule has 0 aliphatic carbocycles. The van der Waals surface area contributed by atoms with Crippen molar-refractivity contribution in [3.8, 4) is 0 Å². The van der Waals surface area contributed by atoms with Crippen molar-refractivity contribution >= 4 is 53.7 Å². The van der Waals surface area contributed by atoms with Gasteiger partial charge in [-0.1, -0.05) is 35.3 Å². The predicted octanol–water partition coefficient (Wildman–Crippen LogP) is 2.86. The molecule has 0 saturated heterocycles. The van der Waals surface area contributed by atoms with Crippen LogP contribution in [0, 0.1) is 0 Å². The molecule has 1 aromatic heterocycles. The molecule has 0 unspecified atom stereocenters. The van der Waals surface area contributed by atoms with Crippen LogP contribution in [0.4, 0.5) is 0 Å². The van der Waals surface area contributed by atoms with Gasteiger partial charge in [0.15, 0.2) is 10.3 Å². The Labute approximate surface area is 106 Å². The maximum absolute atomic E-state index is 11.3. The van der Waals surface area contributed by atoms with Gasteiger partial charge in [0.25, 0.3) is 9.05 Å². The molecule has 0 radical (unpaired) electrons. The zero-order chi connectivity index (χ0) is 11.9. The van der Waals surface area contributed by atoms with E-state index in [-0.39, 0.29) is 20.6 Å². The highest BCUT2D eigenvalue weighted by atomic mass is 35.7. The number of benzene rings is 1. The summed E-state index contributed by atoms with van der Waals surface area (Å²) in [5, 5.41) is 7.70. The number of nitrogens with zero attached hydrogens (tertiary/aromatic N) is 2. The van der Waals surface area contributed by atoms with Crippen molar-refractivity contribution in [2.24, 2.45) is 0 Å². The minimum atomic E-state index is -3.91. The third kappa shape index (κ3) is 1.96. The molecule has 8 heteroatoms. The van der Waals surface area contributed by atoms with Crippen LogP contribution in [0.3, 0.4) is 0 Å². The Hall–Kier alpha value is -0.620. The van der Waals surface area contributed by atoms with E-state index in [4.69, 9.17) is 33.9 Å². The molecule has 16 heavy (non-hydrogen) atoms. The molecule has 0 saturated carbocycles. The van der Waals surface area contributed by atoms with Crippen molar-refractivity contribution in [1.82, 2.24) is 10.2 Å². The molecule has 4 nitrogen and oxygen atoms in total. The van der Waals surface area contributed by atoms with Crippen LogP contribution in [0.15, 0.2) is 23.1 Å². The summed E-state index contributed by atoms with van der Waals surface area (Å²) in [6, 6.07) is 4.42. The zero-order valence-electron chi connectivity index (χ0n) is 7.49. The second kappa shape index (κ2) is 4.00. The molecular formula is C8H3Cl3N2O2S. The number of hydrogen-bond donors (Lipinski definition) is 0. The summed E-state index contributed by atoms with van der Waals surface area (Å²) in [5.41, 5.74) is 0. The molecule has 0 atom stereocenters. The molecule has 0 aliphatic heterocycles. The van der Waals surface area contributed by atoms with E-state index in [1.165, 1.54) is 12.1 Å². The first-order valence-corrected chi connectivity index (χ1v) is 7.03. The molecule has 0 N–H and O–H groups in total. The number of rotatable bonds is 1. The third-order valence-corrected chi connectivity index (χ3v) is 3.85. The van der Waals surface area contributed by atoms with Crippen LogP contribution < -0.4 is 0 Å². The topological polar surface area (TPSA) is 59.9 Å². The SMILES string of the molecule is O=S(=O)(Cl)c1cccc2c(Cl)nnc(Cl)c12. The van der Waals surface area contributed by atoms with E-state index in [0.29, 0.717) is 5.39 Å². The first kappa shape index (κ1) is 11.9. The quantitative estimate of drug-likeness (QED) is 0.759. The highest BCUT2D eigenvalue weighted by Crippen LogP contribution is 2.32. The zero-order valence-corrected chi connectivity index (χ0v) is 10.6. The van der Waals surface area contributed by atoms with Crippen molar-refractivity contribution in [3.05, 3.63) is 28.5 Å². The lowest BCUT2D eigenvalue weighted by atomic mass is 10.2. The first-order chi connectivity index (χ1) is 7.41. The molecule has 2 aromatic rings. The Morgan fingerprint density at radius 1 is 1.06 bits per heavy atom. The smallest absolute Gasteiger partial charge is 0.207 e. The van der Waals surface area contributed by atoms with E-state index < -0.39 is 9.05 Å². The molecule has 2 rings (SSSR count). The summed E-state index contributed by atoms with van der Waals surface area (Å²) < 4.78 is 22.7. The Morgan fingerprint density at radius 2 is 1.69 bits per heavy atom. The minimum Gasteiger partial charge on any atom is -0.207 e. The number of aromatic nitrogens is 2. The fraction of sp³-hybridized carbons (Fsp3) is 0. The summed E-state index contributed by atoms with van der Waals surface area (Å²) in [6.07, 6.45) is 0. The third-order valence-electron chi connectivity index (χ3n) is 1.94. The monoisotopic (exact) mass is 296 g/mol. The van der Waals surface area contributed by atoms with E-state index >= 15 is 0 Å². The molecular weight excluding hydrogens is 295 g/mol. The molecule has 0 spiro atoms. The van der Waals surface area contributed by atoms with Crippen LogP contribution in [0.1, 0.15) is 0 Å². The van der Waals surface area contributed by atoms with Gasteiger partial charge in [0.1, 0.15) is 0 Å². The van der Waals surface area contributed by atoms with Crippen molar-refractivity contribution in [1.29, 1.82) is 0 Å². The second-order valence-corrected chi connectivity index (χ2v) is 6.15. The Bertz CT molecular complexity index is 672. The lowest BCUT2D eigenvalue weighted by Gasteiger charge is -2.04. The Kier molecular flexibility index (Phi) is 2.96. The van der Waals surface area contributed by atoms with Gasteiger partial charge in [-0.15, -0.1) is 10.2 Å². The van der Waals surface area contributed by atoms with Gasteiger partial charge < -0.3 is 0 Å². The fourth-order valence-corrected chi connectivity index (χ4v) is 2.88. The van der Waals surface area contributed by atoms with Gasteiger partial charge in [0, 0.05) is 21.5 Å². The maximum atomic E-state index is 11.3. The molecule has 84 valence electrons. The molecule has 0 bridgehead atoms. The van der Waals surface area contributed by atoms with Gasteiger partial charge in [-0.3, -0.25) is 0 Å². The van der Waals surface area contributed by atoms with Crippen LogP contribution in [0.5, 0.6) is 0 Å². The standard InChI is InChI=1S/C8H3Cl3N2O2S/c9-7-4-2-1-3-5(16(11,14)15)6(4)8(10)13-12-7/h1-3H. The number of halogens is 3. The summed E-state index contributed by atoms with van der Waals surface area (Å²) in [6.45, 7) is 0. The van der Waals surface area contributed by atoms with Crippen molar-refractivity contribution in [2.45, 2.75) is 4.90 Å². The summed E-state index contributed by atoms with van der Waals surface area (Å²) in [4.78, 5) is -0.131. The van der Waals surface area contributed by atoms with Gasteiger partial charge in [0.2, 0.25) is 0 Å². The molecule has 1 aromatic carbocycles. The Balaban J connectivity index is 3.04. The maximum Gasteiger partial charge on any atom is 0.262 e. The second-order valence-electron chi connectivity index (χ2n) is 2.90. The van der Waals surface area contributed by atoms with Gasteiger partial charge in [-0.25, -0.2) is 8.42 Å². The summed E-state index contributed by atoms with van der Waals surface area (Å²) in [7, 11) is 1.38. The average molecular weight is 298 g/mol. The van der Waals surface area contributed by atoms with E-state index in [9.17, 15) is 8.42 Å². The minimum absolute atomic E-state index is 0.0563. The van der Waals surface area contributed by atoms with E-state index in [1.54, 1.807) is 6.07 Å². The van der Waals surface area contributed by atoms with Crippen molar-refractivity contribution in [3.63, 3.8) is 0 Å². The number of fused-ring (bicyclic) bond motifs is 1. The lowest BCUT2D eigenvalue weighted by Crippen LogP contribution is -1.95. The first-order valence-electron chi connectivity index (χ1n) is 3.96. The number of hydrogen-bond acceptors (Lipinski definition) is 4. The van der Waals surface area contributed by atoms with E-state index in [1.807, 2.05) is 0 Å². The van der Waals surface area contributed by atoms with Crippen LogP contribution in [0.2, 0.25) is 10.3 Å². The van der Waals surface area contributed by atoms with Crippen LogP contribution in [-0.4, -0.2) is 18.6 Å². The van der Waals surface area contributed by atoms with Crippen LogP contribution in [-0.2, 0) is 9.05 Å². The molecule has 0 fully saturated rings. The van der Waals surface area contributed by atoms with Crippen LogP contribution in [0.25, 0.3) is 10.8 Å². The van der Waals surface area contributed by atoms with Crippen molar-refractivity contribution < 1.29 is 8.42 Å². The van der Waals surface area contributed by atoms with Gasteiger partial charge in [0.05, 0.1) is 4.90 Å². The highest BCUT2D eigenvalue weighted by molar-refractivity contribution is 8.14. The molecule has 0 amide bonds. The predicted molar refractivity (Wildman–Crippen MR) is 62.6 cm³/mol. The normalized spacial score (nSPS) is 11.9. The van der Waals surface area contributed by atoms with Gasteiger partial charge in [-0.05, 0) is 6.07 Å². The molecule has 0 aliphatic rings. The van der Waals surface area contributed by atoms with Gasteiger partial charge in [-0.2, -0.15) is 0 Å². The highest BCUT2D eigenvalue weighted by Gasteiger charge is 2.18.